The first-order valence-electron chi connectivity index (χ1n) is 6.34. The third kappa shape index (κ3) is 3.34. The quantitative estimate of drug-likeness (QED) is 0.888. The average Bonchev–Trinajstić information content (AvgIpc) is 2.47. The summed E-state index contributed by atoms with van der Waals surface area (Å²) in [6.07, 6.45) is 0. The topological polar surface area (TPSA) is 75.6 Å². The number of aliphatic hydroxyl groups is 1. The lowest BCUT2D eigenvalue weighted by Gasteiger charge is -2.12. The second-order valence-electron chi connectivity index (χ2n) is 4.56. The van der Waals surface area contributed by atoms with Gasteiger partial charge in [0.2, 0.25) is 0 Å². The Kier molecular flexibility index (Phi) is 4.50. The lowest BCUT2D eigenvalue weighted by Crippen LogP contribution is -2.15. The van der Waals surface area contributed by atoms with Crippen LogP contribution in [0.15, 0.2) is 47.4 Å². The Hall–Kier alpha value is -2.05. The number of hydrogen-bond donors (Lipinski definition) is 2. The molecule has 0 aliphatic carbocycles. The van der Waals surface area contributed by atoms with E-state index in [1.165, 1.54) is 6.07 Å². The predicted molar refractivity (Wildman–Crippen MR) is 80.9 cm³/mol. The van der Waals surface area contributed by atoms with E-state index < -0.39 is 10.0 Å². The van der Waals surface area contributed by atoms with Crippen LogP contribution in [0.25, 0.3) is 0 Å². The molecule has 6 heteroatoms. The monoisotopic (exact) mass is 307 g/mol. The number of aliphatic hydroxyl groups excluding tert-OH is 1. The fourth-order valence-corrected chi connectivity index (χ4v) is 3.33. The molecule has 0 atom stereocenters. The molecular formula is C15H17NO4S. The molecule has 2 aromatic carbocycles. The van der Waals surface area contributed by atoms with E-state index in [0.717, 1.165) is 5.56 Å². The summed E-state index contributed by atoms with van der Waals surface area (Å²) >= 11 is 0. The van der Waals surface area contributed by atoms with Crippen molar-refractivity contribution in [1.29, 1.82) is 0 Å². The lowest BCUT2D eigenvalue weighted by atomic mass is 10.2. The van der Waals surface area contributed by atoms with Gasteiger partial charge in [0.05, 0.1) is 18.6 Å². The van der Waals surface area contributed by atoms with Crippen molar-refractivity contribution in [3.05, 3.63) is 53.6 Å². The molecule has 112 valence electrons. The van der Waals surface area contributed by atoms with Crippen LogP contribution in [0.5, 0.6) is 5.75 Å². The number of benzene rings is 2. The second kappa shape index (κ2) is 6.15. The predicted octanol–water partition coefficient (Wildman–Crippen LogP) is 2.30. The van der Waals surface area contributed by atoms with E-state index in [-0.39, 0.29) is 11.5 Å². The first kappa shape index (κ1) is 15.3. The Morgan fingerprint density at radius 1 is 1.19 bits per heavy atom. The van der Waals surface area contributed by atoms with E-state index in [1.807, 2.05) is 6.92 Å². The highest BCUT2D eigenvalue weighted by atomic mass is 32.2. The molecule has 21 heavy (non-hydrogen) atoms. The summed E-state index contributed by atoms with van der Waals surface area (Å²) in [4.78, 5) is 0.0703. The summed E-state index contributed by atoms with van der Waals surface area (Å²) in [7, 11) is -2.18. The number of nitrogens with one attached hydrogen (secondary N) is 1. The number of hydrogen-bond acceptors (Lipinski definition) is 4. The Bertz CT molecular complexity index is 741. The number of methoxy groups -OCH3 is 1. The van der Waals surface area contributed by atoms with Crippen molar-refractivity contribution < 1.29 is 18.3 Å². The molecule has 0 radical (unpaired) electrons. The van der Waals surface area contributed by atoms with Crippen molar-refractivity contribution in [3.63, 3.8) is 0 Å². The Balaban J connectivity index is 2.35. The molecule has 0 unspecified atom stereocenters. The zero-order valence-electron chi connectivity index (χ0n) is 11.8. The van der Waals surface area contributed by atoms with Crippen LogP contribution in [0.1, 0.15) is 11.1 Å². The van der Waals surface area contributed by atoms with Gasteiger partial charge < -0.3 is 9.84 Å². The highest BCUT2D eigenvalue weighted by Crippen LogP contribution is 2.24. The van der Waals surface area contributed by atoms with E-state index in [2.05, 4.69) is 4.72 Å². The zero-order chi connectivity index (χ0) is 15.5. The Morgan fingerprint density at radius 3 is 2.52 bits per heavy atom. The molecule has 2 rings (SSSR count). The molecule has 0 fully saturated rings. The summed E-state index contributed by atoms with van der Waals surface area (Å²) in [5, 5.41) is 9.25. The van der Waals surface area contributed by atoms with E-state index in [1.54, 1.807) is 43.5 Å². The SMILES string of the molecule is COc1ccc(NS(=O)(=O)c2ccccc2CO)cc1C. The maximum Gasteiger partial charge on any atom is 0.262 e. The maximum absolute atomic E-state index is 12.4. The molecule has 0 bridgehead atoms. The van der Waals surface area contributed by atoms with Gasteiger partial charge in [-0.05, 0) is 42.3 Å². The fourth-order valence-electron chi connectivity index (χ4n) is 2.05. The molecule has 0 spiro atoms. The normalized spacial score (nSPS) is 11.2. The van der Waals surface area contributed by atoms with Crippen molar-refractivity contribution in [3.8, 4) is 5.75 Å². The summed E-state index contributed by atoms with van der Waals surface area (Å²) in [6, 6.07) is 11.4. The molecule has 0 saturated heterocycles. The first-order chi connectivity index (χ1) is 9.97. The third-order valence-corrected chi connectivity index (χ3v) is 4.56. The van der Waals surface area contributed by atoms with Crippen LogP contribution < -0.4 is 9.46 Å². The fraction of sp³-hybridized carbons (Fsp3) is 0.200. The van der Waals surface area contributed by atoms with E-state index in [4.69, 9.17) is 4.74 Å². The van der Waals surface area contributed by atoms with E-state index >= 15 is 0 Å². The molecule has 0 aliphatic rings. The van der Waals surface area contributed by atoms with Crippen LogP contribution in [-0.2, 0) is 16.6 Å². The highest BCUT2D eigenvalue weighted by molar-refractivity contribution is 7.92. The minimum absolute atomic E-state index is 0.0703. The number of rotatable bonds is 5. The van der Waals surface area contributed by atoms with E-state index in [0.29, 0.717) is 17.0 Å². The van der Waals surface area contributed by atoms with Gasteiger partial charge in [-0.2, -0.15) is 0 Å². The summed E-state index contributed by atoms with van der Waals surface area (Å²) < 4.78 is 32.4. The minimum Gasteiger partial charge on any atom is -0.496 e. The highest BCUT2D eigenvalue weighted by Gasteiger charge is 2.18. The van der Waals surface area contributed by atoms with Gasteiger partial charge in [-0.1, -0.05) is 18.2 Å². The van der Waals surface area contributed by atoms with Gasteiger partial charge >= 0.3 is 0 Å². The van der Waals surface area contributed by atoms with E-state index in [9.17, 15) is 13.5 Å². The number of anilines is 1. The molecule has 5 nitrogen and oxygen atoms in total. The number of sulfonamides is 1. The first-order valence-corrected chi connectivity index (χ1v) is 7.82. The van der Waals surface area contributed by atoms with Gasteiger partial charge in [0.25, 0.3) is 10.0 Å². The zero-order valence-corrected chi connectivity index (χ0v) is 12.6. The minimum atomic E-state index is -3.74. The standard InChI is InChI=1S/C15H17NO4S/c1-11-9-13(7-8-14(11)20-2)16-21(18,19)15-6-4-3-5-12(15)10-17/h3-9,16-17H,10H2,1-2H3. The average molecular weight is 307 g/mol. The van der Waals surface area contributed by atoms with Crippen LogP contribution in [0.4, 0.5) is 5.69 Å². The van der Waals surface area contributed by atoms with Crippen LogP contribution in [0.3, 0.4) is 0 Å². The molecule has 0 saturated carbocycles. The maximum atomic E-state index is 12.4. The summed E-state index contributed by atoms with van der Waals surface area (Å²) in [6.45, 7) is 1.50. The summed E-state index contributed by atoms with van der Waals surface area (Å²) in [5.41, 5.74) is 1.63. The van der Waals surface area contributed by atoms with Crippen molar-refractivity contribution in [2.45, 2.75) is 18.4 Å². The van der Waals surface area contributed by atoms with Gasteiger partial charge in [-0.25, -0.2) is 8.42 Å². The third-order valence-electron chi connectivity index (χ3n) is 3.08. The largest absolute Gasteiger partial charge is 0.496 e. The number of aryl methyl sites for hydroxylation is 1. The van der Waals surface area contributed by atoms with Crippen LogP contribution in [0.2, 0.25) is 0 Å². The molecule has 2 N–H and O–H groups in total. The molecule has 0 aromatic heterocycles. The van der Waals surface area contributed by atoms with Crippen molar-refractivity contribution in [2.24, 2.45) is 0 Å². The Labute approximate surface area is 124 Å². The van der Waals surface area contributed by atoms with Crippen molar-refractivity contribution in [1.82, 2.24) is 0 Å². The van der Waals surface area contributed by atoms with Gasteiger partial charge in [0.1, 0.15) is 5.75 Å². The van der Waals surface area contributed by atoms with Gasteiger partial charge in [-0.15, -0.1) is 0 Å². The molecule has 0 aliphatic heterocycles. The molecule has 0 amide bonds. The Morgan fingerprint density at radius 2 is 1.90 bits per heavy atom. The smallest absolute Gasteiger partial charge is 0.262 e. The van der Waals surface area contributed by atoms with Crippen LogP contribution in [0, 0.1) is 6.92 Å². The number of ether oxygens (including phenoxy) is 1. The van der Waals surface area contributed by atoms with Crippen LogP contribution in [-0.4, -0.2) is 20.6 Å². The molecular weight excluding hydrogens is 290 g/mol. The van der Waals surface area contributed by atoms with Gasteiger partial charge in [-0.3, -0.25) is 4.72 Å². The van der Waals surface area contributed by atoms with Crippen molar-refractivity contribution in [2.75, 3.05) is 11.8 Å². The van der Waals surface area contributed by atoms with Crippen LogP contribution >= 0.6 is 0 Å². The second-order valence-corrected chi connectivity index (χ2v) is 6.21. The van der Waals surface area contributed by atoms with Gasteiger partial charge in [0, 0.05) is 5.69 Å². The lowest BCUT2D eigenvalue weighted by molar-refractivity contribution is 0.278. The summed E-state index contributed by atoms with van der Waals surface area (Å²) in [5.74, 6) is 0.689. The van der Waals surface area contributed by atoms with Crippen molar-refractivity contribution >= 4 is 15.7 Å². The molecule has 0 heterocycles. The molecule has 2 aromatic rings. The van der Waals surface area contributed by atoms with Gasteiger partial charge in [0.15, 0.2) is 0 Å².